The van der Waals surface area contributed by atoms with E-state index in [1.807, 2.05) is 0 Å². The second-order valence-electron chi connectivity index (χ2n) is 7.54. The summed E-state index contributed by atoms with van der Waals surface area (Å²) in [5.41, 5.74) is 2.82. The third-order valence-electron chi connectivity index (χ3n) is 5.86. The van der Waals surface area contributed by atoms with Crippen molar-refractivity contribution in [3.8, 4) is 5.75 Å². The molecule has 2 nitrogen and oxygen atoms in total. The summed E-state index contributed by atoms with van der Waals surface area (Å²) in [6.45, 7) is 1.91. The Kier molecular flexibility index (Phi) is 5.25. The zero-order valence-electron chi connectivity index (χ0n) is 15.1. The highest BCUT2D eigenvalue weighted by Crippen LogP contribution is 2.33. The van der Waals surface area contributed by atoms with Gasteiger partial charge in [0.2, 0.25) is 0 Å². The molecule has 0 unspecified atom stereocenters. The molecule has 2 heteroatoms. The maximum Gasteiger partial charge on any atom is 0.119 e. The van der Waals surface area contributed by atoms with Gasteiger partial charge in [0, 0.05) is 12.2 Å². The number of hydrogen-bond acceptors (Lipinski definition) is 2. The van der Waals surface area contributed by atoms with E-state index in [0.717, 1.165) is 24.8 Å². The molecule has 1 aliphatic heterocycles. The Balaban J connectivity index is 1.34. The second-order valence-corrected chi connectivity index (χ2v) is 7.54. The number of para-hydroxylation sites is 1. The van der Waals surface area contributed by atoms with Crippen molar-refractivity contribution in [1.29, 1.82) is 0 Å². The van der Waals surface area contributed by atoms with Crippen molar-refractivity contribution < 1.29 is 4.74 Å². The zero-order valence-corrected chi connectivity index (χ0v) is 15.1. The predicted octanol–water partition coefficient (Wildman–Crippen LogP) is 5.78. The van der Waals surface area contributed by atoms with Gasteiger partial charge in [-0.1, -0.05) is 49.6 Å². The molecule has 1 heterocycles. The number of benzene rings is 2. The molecule has 0 N–H and O–H groups in total. The van der Waals surface area contributed by atoms with E-state index in [4.69, 9.17) is 4.74 Å². The molecule has 2 aromatic carbocycles. The van der Waals surface area contributed by atoms with Gasteiger partial charge < -0.3 is 9.64 Å². The third kappa shape index (κ3) is 4.00. The van der Waals surface area contributed by atoms with Crippen LogP contribution in [0.4, 0.5) is 5.69 Å². The van der Waals surface area contributed by atoms with Crippen LogP contribution < -0.4 is 9.64 Å². The van der Waals surface area contributed by atoms with Crippen LogP contribution in [0.5, 0.6) is 5.75 Å². The van der Waals surface area contributed by atoms with Crippen molar-refractivity contribution in [3.05, 3.63) is 60.2 Å². The van der Waals surface area contributed by atoms with E-state index < -0.39 is 0 Å². The molecule has 2 aliphatic rings. The number of hydrogen-bond donors (Lipinski definition) is 0. The van der Waals surface area contributed by atoms with Crippen LogP contribution in [0.15, 0.2) is 54.6 Å². The second kappa shape index (κ2) is 7.95. The van der Waals surface area contributed by atoms with Crippen LogP contribution in [0.2, 0.25) is 0 Å². The Bertz CT molecular complexity index is 646. The van der Waals surface area contributed by atoms with E-state index in [9.17, 15) is 0 Å². The van der Waals surface area contributed by atoms with E-state index in [1.54, 1.807) is 0 Å². The fourth-order valence-corrected chi connectivity index (χ4v) is 4.43. The van der Waals surface area contributed by atoms with Gasteiger partial charge in [0.15, 0.2) is 0 Å². The number of rotatable bonds is 5. The molecular weight excluding hydrogens is 306 g/mol. The Hall–Kier alpha value is -1.96. The van der Waals surface area contributed by atoms with Gasteiger partial charge in [-0.2, -0.15) is 0 Å². The molecule has 0 radical (unpaired) electrons. The summed E-state index contributed by atoms with van der Waals surface area (Å²) in [4.78, 5) is 2.50. The van der Waals surface area contributed by atoms with Crippen LogP contribution >= 0.6 is 0 Å². The minimum Gasteiger partial charge on any atom is -0.491 e. The lowest BCUT2D eigenvalue weighted by atomic mass is 9.84. The number of nitrogens with zero attached hydrogens (tertiary/aromatic N) is 1. The minimum atomic E-state index is 0.487. The largest absolute Gasteiger partial charge is 0.491 e. The molecule has 0 amide bonds. The van der Waals surface area contributed by atoms with Crippen molar-refractivity contribution in [1.82, 2.24) is 0 Å². The minimum absolute atomic E-state index is 0.487. The lowest BCUT2D eigenvalue weighted by Crippen LogP contribution is -2.34. The lowest BCUT2D eigenvalue weighted by molar-refractivity contribution is 0.288. The first-order valence-corrected chi connectivity index (χ1v) is 9.94. The Morgan fingerprint density at radius 3 is 2.32 bits per heavy atom. The Labute approximate surface area is 151 Å². The van der Waals surface area contributed by atoms with Gasteiger partial charge in [0.25, 0.3) is 0 Å². The van der Waals surface area contributed by atoms with Crippen molar-refractivity contribution in [3.63, 3.8) is 0 Å². The number of anilines is 1. The number of ether oxygens (including phenoxy) is 1. The molecular formula is C23H29NO. The topological polar surface area (TPSA) is 12.5 Å². The van der Waals surface area contributed by atoms with Crippen molar-refractivity contribution in [2.75, 3.05) is 18.1 Å². The van der Waals surface area contributed by atoms with Crippen molar-refractivity contribution >= 4 is 5.69 Å². The monoisotopic (exact) mass is 335 g/mol. The summed E-state index contributed by atoms with van der Waals surface area (Å²) >= 11 is 0. The highest BCUT2D eigenvalue weighted by atomic mass is 16.5. The van der Waals surface area contributed by atoms with Crippen LogP contribution in [0.25, 0.3) is 0 Å². The molecule has 0 bridgehead atoms. The lowest BCUT2D eigenvalue weighted by Gasteiger charge is -2.27. The highest BCUT2D eigenvalue weighted by Gasteiger charge is 2.25. The molecule has 2 aromatic rings. The molecule has 2 fully saturated rings. The smallest absolute Gasteiger partial charge is 0.119 e. The molecule has 132 valence electrons. The van der Waals surface area contributed by atoms with Crippen molar-refractivity contribution in [2.24, 2.45) is 0 Å². The maximum atomic E-state index is 6.14. The maximum absolute atomic E-state index is 6.14. The first-order valence-electron chi connectivity index (χ1n) is 9.94. The van der Waals surface area contributed by atoms with Crippen LogP contribution in [-0.2, 0) is 0 Å². The highest BCUT2D eigenvalue weighted by molar-refractivity contribution is 5.48. The van der Waals surface area contributed by atoms with Gasteiger partial charge >= 0.3 is 0 Å². The van der Waals surface area contributed by atoms with E-state index in [2.05, 4.69) is 59.5 Å². The molecule has 25 heavy (non-hydrogen) atoms. The van der Waals surface area contributed by atoms with Crippen LogP contribution in [-0.4, -0.2) is 19.2 Å². The van der Waals surface area contributed by atoms with Crippen LogP contribution in [0, 0.1) is 0 Å². The molecule has 1 saturated carbocycles. The average molecular weight is 335 g/mol. The summed E-state index contributed by atoms with van der Waals surface area (Å²) in [5, 5.41) is 0. The van der Waals surface area contributed by atoms with Crippen molar-refractivity contribution in [2.45, 2.75) is 56.9 Å². The summed E-state index contributed by atoms with van der Waals surface area (Å²) in [6.07, 6.45) is 9.37. The standard InChI is InChI=1S/C23H29NO/c1-3-8-19(9-4-1)20-13-15-23(16-14-20)25-18-22-12-7-17-24(22)21-10-5-2-6-11-21/h2,5-6,10-11,13-16,19,22H,1,3-4,7-9,12,17-18H2/t22-/m0/s1. The zero-order chi connectivity index (χ0) is 16.9. The normalized spacial score (nSPS) is 21.4. The first-order chi connectivity index (χ1) is 12.4. The van der Waals surface area contributed by atoms with Gasteiger partial charge in [0.1, 0.15) is 12.4 Å². The fraction of sp³-hybridized carbons (Fsp3) is 0.478. The predicted molar refractivity (Wildman–Crippen MR) is 105 cm³/mol. The third-order valence-corrected chi connectivity index (χ3v) is 5.86. The summed E-state index contributed by atoms with van der Waals surface area (Å²) in [5.74, 6) is 1.78. The Morgan fingerprint density at radius 1 is 0.800 bits per heavy atom. The van der Waals surface area contributed by atoms with Gasteiger partial charge in [-0.05, 0) is 61.4 Å². The van der Waals surface area contributed by atoms with Gasteiger partial charge in [-0.25, -0.2) is 0 Å². The summed E-state index contributed by atoms with van der Waals surface area (Å²) in [7, 11) is 0. The van der Waals surface area contributed by atoms with E-state index in [1.165, 1.54) is 56.2 Å². The average Bonchev–Trinajstić information content (AvgIpc) is 3.17. The van der Waals surface area contributed by atoms with E-state index >= 15 is 0 Å². The van der Waals surface area contributed by atoms with Gasteiger partial charge in [-0.3, -0.25) is 0 Å². The summed E-state index contributed by atoms with van der Waals surface area (Å²) < 4.78 is 6.14. The first kappa shape index (κ1) is 16.5. The van der Waals surface area contributed by atoms with Gasteiger partial charge in [0.05, 0.1) is 6.04 Å². The van der Waals surface area contributed by atoms with Gasteiger partial charge in [-0.15, -0.1) is 0 Å². The SMILES string of the molecule is c1ccc(N2CCC[C@H]2COc2ccc(C3CCCCC3)cc2)cc1. The Morgan fingerprint density at radius 2 is 1.56 bits per heavy atom. The molecule has 1 atom stereocenters. The molecule has 1 saturated heterocycles. The summed E-state index contributed by atoms with van der Waals surface area (Å²) in [6, 6.07) is 20.1. The molecule has 0 spiro atoms. The van der Waals surface area contributed by atoms with Crippen LogP contribution in [0.1, 0.15) is 56.4 Å². The molecule has 1 aliphatic carbocycles. The quantitative estimate of drug-likeness (QED) is 0.686. The van der Waals surface area contributed by atoms with Crippen LogP contribution in [0.3, 0.4) is 0 Å². The fourth-order valence-electron chi connectivity index (χ4n) is 4.43. The molecule has 0 aromatic heterocycles. The van der Waals surface area contributed by atoms with E-state index in [0.29, 0.717) is 6.04 Å². The van der Waals surface area contributed by atoms with E-state index in [-0.39, 0.29) is 0 Å². The molecule has 4 rings (SSSR count).